The lowest BCUT2D eigenvalue weighted by atomic mass is 9.62. The van der Waals surface area contributed by atoms with Gasteiger partial charge in [-0.15, -0.1) is 11.3 Å². The molecule has 9 nitrogen and oxygen atoms in total. The average molecular weight is 574 g/mol. The van der Waals surface area contributed by atoms with Crippen LogP contribution in [0.15, 0.2) is 21.8 Å². The number of thiophene rings is 1. The van der Waals surface area contributed by atoms with E-state index in [1.54, 1.807) is 23.9 Å². The monoisotopic (exact) mass is 573 g/mol. The van der Waals surface area contributed by atoms with Gasteiger partial charge < -0.3 is 19.9 Å². The van der Waals surface area contributed by atoms with Gasteiger partial charge in [0.25, 0.3) is 0 Å². The highest BCUT2D eigenvalue weighted by Crippen LogP contribution is 2.55. The third kappa shape index (κ3) is 4.93. The van der Waals surface area contributed by atoms with Crippen LogP contribution >= 0.6 is 11.3 Å². The molecular formula is C31H39N7O2S. The van der Waals surface area contributed by atoms with Crippen molar-refractivity contribution in [2.45, 2.75) is 83.3 Å². The first-order chi connectivity index (χ1) is 19.7. The molecule has 3 aromatic rings. The minimum absolute atomic E-state index is 0.0369. The maximum atomic E-state index is 10.3. The number of hydrogen-bond donors (Lipinski definition) is 1. The fraction of sp³-hybridized carbons (Fsp3) is 0.581. The molecule has 6 rings (SSSR count). The number of aromatic nitrogens is 3. The van der Waals surface area contributed by atoms with Gasteiger partial charge in [0, 0.05) is 42.2 Å². The second-order valence-corrected chi connectivity index (χ2v) is 13.5. The Bertz CT molecular complexity index is 1490. The SMILES string of the molecule is C[C@@H]1[C@H](N)[C@H]1C[C@H](C)[C@H](C)Oc1nccc(-c2onc3c2CCC[C@@]32CCCc3sc(/N=C/N(C)C)c(C#N)c32)n1. The fourth-order valence-electron chi connectivity index (χ4n) is 6.85. The summed E-state index contributed by atoms with van der Waals surface area (Å²) < 4.78 is 12.3. The molecule has 3 aliphatic carbocycles. The van der Waals surface area contributed by atoms with Crippen molar-refractivity contribution < 1.29 is 9.26 Å². The molecule has 2 N–H and O–H groups in total. The summed E-state index contributed by atoms with van der Waals surface area (Å²) in [4.78, 5) is 17.0. The van der Waals surface area contributed by atoms with Crippen molar-refractivity contribution >= 4 is 22.7 Å². The van der Waals surface area contributed by atoms with Gasteiger partial charge in [-0.3, -0.25) is 0 Å². The predicted molar refractivity (Wildman–Crippen MR) is 160 cm³/mol. The first-order valence-electron chi connectivity index (χ1n) is 14.7. The van der Waals surface area contributed by atoms with Crippen LogP contribution in [0.2, 0.25) is 0 Å². The van der Waals surface area contributed by atoms with E-state index in [4.69, 9.17) is 25.1 Å². The highest BCUT2D eigenvalue weighted by Gasteiger charge is 2.48. The van der Waals surface area contributed by atoms with E-state index in [1.807, 2.05) is 25.1 Å². The average Bonchev–Trinajstić information content (AvgIpc) is 3.31. The predicted octanol–water partition coefficient (Wildman–Crippen LogP) is 5.63. The van der Waals surface area contributed by atoms with Crippen LogP contribution in [-0.4, -0.2) is 52.6 Å². The van der Waals surface area contributed by atoms with Crippen LogP contribution in [0, 0.1) is 29.1 Å². The molecule has 3 aromatic heterocycles. The van der Waals surface area contributed by atoms with Crippen molar-refractivity contribution in [2.24, 2.45) is 28.5 Å². The van der Waals surface area contributed by atoms with Gasteiger partial charge in [-0.2, -0.15) is 10.2 Å². The largest absolute Gasteiger partial charge is 0.460 e. The normalized spacial score (nSPS) is 26.3. The topological polar surface area (TPSA) is 126 Å². The van der Waals surface area contributed by atoms with Crippen molar-refractivity contribution in [3.8, 4) is 23.5 Å². The molecule has 6 atom stereocenters. The van der Waals surface area contributed by atoms with Gasteiger partial charge in [-0.1, -0.05) is 19.0 Å². The molecule has 3 aliphatic rings. The van der Waals surface area contributed by atoms with Gasteiger partial charge in [0.2, 0.25) is 0 Å². The van der Waals surface area contributed by atoms with Gasteiger partial charge >= 0.3 is 6.01 Å². The number of ether oxygens (including phenoxy) is 1. The van der Waals surface area contributed by atoms with E-state index >= 15 is 0 Å². The Morgan fingerprint density at radius 1 is 1.32 bits per heavy atom. The Labute approximate surface area is 245 Å². The summed E-state index contributed by atoms with van der Waals surface area (Å²) in [6, 6.07) is 5.01. The zero-order chi connectivity index (χ0) is 28.9. The lowest BCUT2D eigenvalue weighted by Crippen LogP contribution is -2.36. The zero-order valence-corrected chi connectivity index (χ0v) is 25.4. The standard InChI is InChI=1S/C31H39N7O2S/c1-17(14-21-18(2)26(21)33)19(3)39-30-34-13-10-23(36-30)27-20-8-6-11-31(28(20)37-40-27)12-7-9-24-25(31)22(15-32)29(41-24)35-16-38(4)5/h10,13,16-19,21,26H,6-9,11-12,14,33H2,1-5H3/b35-16+/t17-,18-,19-,21-,26-,31-/m0/s1. The highest BCUT2D eigenvalue weighted by atomic mass is 32.1. The second-order valence-electron chi connectivity index (χ2n) is 12.4. The van der Waals surface area contributed by atoms with E-state index in [-0.39, 0.29) is 11.5 Å². The number of fused-ring (bicyclic) bond motifs is 4. The quantitative estimate of drug-likeness (QED) is 0.271. The van der Waals surface area contributed by atoms with Crippen molar-refractivity contribution in [3.63, 3.8) is 0 Å². The van der Waals surface area contributed by atoms with E-state index in [9.17, 15) is 5.26 Å². The molecule has 0 unspecified atom stereocenters. The summed E-state index contributed by atoms with van der Waals surface area (Å²) in [5, 5.41) is 15.8. The van der Waals surface area contributed by atoms with Crippen LogP contribution in [0.1, 0.15) is 80.1 Å². The number of nitriles is 1. The van der Waals surface area contributed by atoms with Crippen LogP contribution in [0.4, 0.5) is 5.00 Å². The lowest BCUT2D eigenvalue weighted by molar-refractivity contribution is 0.137. The maximum Gasteiger partial charge on any atom is 0.317 e. The summed E-state index contributed by atoms with van der Waals surface area (Å²) in [6.45, 7) is 6.49. The van der Waals surface area contributed by atoms with Crippen LogP contribution in [0.25, 0.3) is 11.5 Å². The number of rotatable bonds is 8. The maximum absolute atomic E-state index is 10.3. The van der Waals surface area contributed by atoms with Crippen molar-refractivity contribution in [1.82, 2.24) is 20.0 Å². The van der Waals surface area contributed by atoms with Crippen LogP contribution < -0.4 is 10.5 Å². The molecule has 0 aliphatic heterocycles. The van der Waals surface area contributed by atoms with E-state index in [1.165, 1.54) is 4.88 Å². The molecule has 10 heteroatoms. The molecule has 0 bridgehead atoms. The Kier molecular flexibility index (Phi) is 7.37. The first kappa shape index (κ1) is 27.9. The first-order valence-corrected chi connectivity index (χ1v) is 15.6. The van der Waals surface area contributed by atoms with Gasteiger partial charge in [-0.25, -0.2) is 9.98 Å². The van der Waals surface area contributed by atoms with Crippen LogP contribution in [0.5, 0.6) is 6.01 Å². The van der Waals surface area contributed by atoms with Crippen molar-refractivity contribution in [2.75, 3.05) is 14.1 Å². The summed E-state index contributed by atoms with van der Waals surface area (Å²) in [7, 11) is 3.87. The number of aliphatic imine (C=N–C) groups is 1. The third-order valence-electron chi connectivity index (χ3n) is 9.48. The smallest absolute Gasteiger partial charge is 0.317 e. The van der Waals surface area contributed by atoms with Crippen LogP contribution in [0.3, 0.4) is 0 Å². The Morgan fingerprint density at radius 2 is 2.07 bits per heavy atom. The number of aryl methyl sites for hydroxylation is 1. The number of hydrogen-bond acceptors (Lipinski definition) is 9. The molecule has 1 spiro atoms. The van der Waals surface area contributed by atoms with E-state index in [0.29, 0.717) is 46.8 Å². The van der Waals surface area contributed by atoms with Gasteiger partial charge in [-0.05, 0) is 81.3 Å². The van der Waals surface area contributed by atoms with Gasteiger partial charge in [0.1, 0.15) is 22.9 Å². The number of nitrogens with zero attached hydrogens (tertiary/aromatic N) is 6. The molecule has 0 amide bonds. The van der Waals surface area contributed by atoms with Gasteiger partial charge in [0.15, 0.2) is 5.76 Å². The van der Waals surface area contributed by atoms with Crippen molar-refractivity contribution in [3.05, 3.63) is 39.5 Å². The molecular weight excluding hydrogens is 534 g/mol. The van der Waals surface area contributed by atoms with E-state index in [0.717, 1.165) is 66.8 Å². The van der Waals surface area contributed by atoms with Crippen LogP contribution in [-0.2, 0) is 18.3 Å². The fourth-order valence-corrected chi connectivity index (χ4v) is 8.08. The zero-order valence-electron chi connectivity index (χ0n) is 24.6. The number of nitrogens with two attached hydrogens (primary N) is 1. The summed E-state index contributed by atoms with van der Waals surface area (Å²) in [5.41, 5.74) is 10.3. The molecule has 0 radical (unpaired) electrons. The summed E-state index contributed by atoms with van der Waals surface area (Å²) >= 11 is 1.64. The molecule has 41 heavy (non-hydrogen) atoms. The summed E-state index contributed by atoms with van der Waals surface area (Å²) in [6.07, 6.45) is 10.2. The molecule has 3 heterocycles. The second kappa shape index (κ2) is 10.8. The third-order valence-corrected chi connectivity index (χ3v) is 10.6. The summed E-state index contributed by atoms with van der Waals surface area (Å²) in [5.74, 6) is 2.17. The Hall–Kier alpha value is -3.29. The van der Waals surface area contributed by atoms with Crippen molar-refractivity contribution in [1.29, 1.82) is 5.26 Å². The van der Waals surface area contributed by atoms with E-state index in [2.05, 4.69) is 36.8 Å². The Balaban J connectivity index is 1.31. The molecule has 216 valence electrons. The molecule has 0 aromatic carbocycles. The Morgan fingerprint density at radius 3 is 2.78 bits per heavy atom. The molecule has 1 saturated carbocycles. The molecule has 1 fully saturated rings. The minimum Gasteiger partial charge on any atom is -0.460 e. The lowest BCUT2D eigenvalue weighted by Gasteiger charge is -2.39. The van der Waals surface area contributed by atoms with Gasteiger partial charge in [0.05, 0.1) is 17.6 Å². The molecule has 0 saturated heterocycles. The van der Waals surface area contributed by atoms with E-state index < -0.39 is 0 Å². The highest BCUT2D eigenvalue weighted by molar-refractivity contribution is 7.16. The minimum atomic E-state index is -0.340.